The monoisotopic (exact) mass is 423 g/mol. The summed E-state index contributed by atoms with van der Waals surface area (Å²) in [7, 11) is 3.52. The molecule has 2 rings (SSSR count). The third kappa shape index (κ3) is 7.72. The van der Waals surface area contributed by atoms with Gasteiger partial charge in [-0.2, -0.15) is 0 Å². The number of guanidine groups is 1. The summed E-state index contributed by atoms with van der Waals surface area (Å²) in [5.41, 5.74) is 4.38. The molecule has 168 valence electrons. The maximum atomic E-state index is 12.0. The molecule has 0 atom stereocenters. The summed E-state index contributed by atoms with van der Waals surface area (Å²) in [6.07, 6.45) is 0. The van der Waals surface area contributed by atoms with Gasteiger partial charge < -0.3 is 15.5 Å². The van der Waals surface area contributed by atoms with Gasteiger partial charge in [0.15, 0.2) is 5.96 Å². The van der Waals surface area contributed by atoms with Crippen molar-refractivity contribution < 1.29 is 4.79 Å². The molecule has 0 fully saturated rings. The van der Waals surface area contributed by atoms with Crippen molar-refractivity contribution in [2.24, 2.45) is 4.99 Å². The van der Waals surface area contributed by atoms with Gasteiger partial charge in [0, 0.05) is 39.3 Å². The van der Waals surface area contributed by atoms with Gasteiger partial charge in [-0.05, 0) is 48.8 Å². The molecular formula is C25H37N5O. The molecule has 31 heavy (non-hydrogen) atoms. The predicted octanol–water partition coefficient (Wildman–Crippen LogP) is 3.49. The zero-order valence-corrected chi connectivity index (χ0v) is 19.6. The number of carbonyl (C=O) groups excluding carboxylic acids is 1. The highest BCUT2D eigenvalue weighted by atomic mass is 16.2. The number of nitrogens with one attached hydrogen (secondary N) is 2. The van der Waals surface area contributed by atoms with E-state index >= 15 is 0 Å². The summed E-state index contributed by atoms with van der Waals surface area (Å²) in [6.45, 7) is 11.6. The van der Waals surface area contributed by atoms with Crippen LogP contribution >= 0.6 is 0 Å². The van der Waals surface area contributed by atoms with Crippen molar-refractivity contribution in [1.29, 1.82) is 0 Å². The maximum absolute atomic E-state index is 12.0. The highest BCUT2D eigenvalue weighted by molar-refractivity contribution is 5.93. The van der Waals surface area contributed by atoms with Crippen LogP contribution in [0.3, 0.4) is 0 Å². The molecule has 2 aromatic carbocycles. The fourth-order valence-electron chi connectivity index (χ4n) is 3.27. The minimum absolute atomic E-state index is 0.00781. The van der Waals surface area contributed by atoms with E-state index in [2.05, 4.69) is 60.6 Å². The normalized spacial score (nSPS) is 11.5. The van der Waals surface area contributed by atoms with Gasteiger partial charge in [-0.15, -0.1) is 0 Å². The standard InChI is InChI=1S/C25H37N5O/c1-6-26-25(27-17-20-13-15-21(16-14-20)24(31)29(4)5)28-18-22-11-9-10-12-23(22)19-30(7-2)8-3/h9-16H,6-8,17-19H2,1-5H3,(H2,26,27,28). The van der Waals surface area contributed by atoms with Crippen LogP contribution in [0.25, 0.3) is 0 Å². The highest BCUT2D eigenvalue weighted by Gasteiger charge is 2.08. The molecule has 2 N–H and O–H groups in total. The van der Waals surface area contributed by atoms with Crippen molar-refractivity contribution >= 4 is 11.9 Å². The van der Waals surface area contributed by atoms with E-state index in [4.69, 9.17) is 4.99 Å². The molecule has 2 aromatic rings. The first kappa shape index (κ1) is 24.4. The van der Waals surface area contributed by atoms with Crippen LogP contribution in [0, 0.1) is 0 Å². The maximum Gasteiger partial charge on any atom is 0.253 e. The van der Waals surface area contributed by atoms with E-state index in [0.717, 1.165) is 44.2 Å². The topological polar surface area (TPSA) is 60.0 Å². The molecular weight excluding hydrogens is 386 g/mol. The number of benzene rings is 2. The summed E-state index contributed by atoms with van der Waals surface area (Å²) in [5, 5.41) is 6.78. The van der Waals surface area contributed by atoms with Gasteiger partial charge in [0.05, 0.1) is 6.54 Å². The Balaban J connectivity index is 2.03. The van der Waals surface area contributed by atoms with Crippen LogP contribution < -0.4 is 10.6 Å². The molecule has 6 nitrogen and oxygen atoms in total. The number of rotatable bonds is 10. The predicted molar refractivity (Wildman–Crippen MR) is 129 cm³/mol. The average molecular weight is 424 g/mol. The number of hydrogen-bond donors (Lipinski definition) is 2. The largest absolute Gasteiger partial charge is 0.357 e. The zero-order valence-electron chi connectivity index (χ0n) is 19.6. The smallest absolute Gasteiger partial charge is 0.253 e. The van der Waals surface area contributed by atoms with Crippen LogP contribution in [0.1, 0.15) is 47.8 Å². The van der Waals surface area contributed by atoms with Crippen LogP contribution in [-0.4, -0.2) is 55.4 Å². The fraction of sp³-hybridized carbons (Fsp3) is 0.440. The van der Waals surface area contributed by atoms with Gasteiger partial charge in [-0.25, -0.2) is 4.99 Å². The average Bonchev–Trinajstić information content (AvgIpc) is 2.79. The zero-order chi connectivity index (χ0) is 22.6. The number of hydrogen-bond acceptors (Lipinski definition) is 3. The van der Waals surface area contributed by atoms with Gasteiger partial charge in [-0.3, -0.25) is 9.69 Å². The Morgan fingerprint density at radius 1 is 0.903 bits per heavy atom. The van der Waals surface area contributed by atoms with Gasteiger partial charge in [-0.1, -0.05) is 50.2 Å². The van der Waals surface area contributed by atoms with Crippen LogP contribution in [0.5, 0.6) is 0 Å². The van der Waals surface area contributed by atoms with Gasteiger partial charge >= 0.3 is 0 Å². The van der Waals surface area contributed by atoms with Crippen molar-refractivity contribution in [2.45, 2.75) is 40.4 Å². The molecule has 0 unspecified atom stereocenters. The van der Waals surface area contributed by atoms with Gasteiger partial charge in [0.2, 0.25) is 0 Å². The molecule has 6 heteroatoms. The van der Waals surface area contributed by atoms with E-state index in [1.807, 2.05) is 24.3 Å². The van der Waals surface area contributed by atoms with Gasteiger partial charge in [0.25, 0.3) is 5.91 Å². The third-order valence-electron chi connectivity index (χ3n) is 5.22. The Hall–Kier alpha value is -2.86. The molecule has 0 saturated carbocycles. The van der Waals surface area contributed by atoms with Crippen LogP contribution in [0.15, 0.2) is 53.5 Å². The van der Waals surface area contributed by atoms with Crippen LogP contribution in [0.2, 0.25) is 0 Å². The lowest BCUT2D eigenvalue weighted by molar-refractivity contribution is 0.0827. The van der Waals surface area contributed by atoms with Crippen molar-refractivity contribution in [3.05, 3.63) is 70.8 Å². The van der Waals surface area contributed by atoms with Crippen molar-refractivity contribution in [2.75, 3.05) is 33.7 Å². The second-order valence-electron chi connectivity index (χ2n) is 7.68. The molecule has 0 aliphatic rings. The fourth-order valence-corrected chi connectivity index (χ4v) is 3.27. The molecule has 0 aliphatic heterocycles. The Bertz CT molecular complexity index is 841. The quantitative estimate of drug-likeness (QED) is 0.454. The molecule has 0 saturated heterocycles. The number of aliphatic imine (C=N–C) groups is 1. The van der Waals surface area contributed by atoms with E-state index in [0.29, 0.717) is 12.1 Å². The van der Waals surface area contributed by atoms with E-state index < -0.39 is 0 Å². The highest BCUT2D eigenvalue weighted by Crippen LogP contribution is 2.12. The second kappa shape index (κ2) is 12.7. The van der Waals surface area contributed by atoms with Gasteiger partial charge in [0.1, 0.15) is 0 Å². The van der Waals surface area contributed by atoms with E-state index in [1.165, 1.54) is 11.1 Å². The SMILES string of the molecule is CCNC(=NCc1ccc(C(=O)N(C)C)cc1)NCc1ccccc1CN(CC)CC. The number of nitrogens with zero attached hydrogens (tertiary/aromatic N) is 3. The summed E-state index contributed by atoms with van der Waals surface area (Å²) < 4.78 is 0. The van der Waals surface area contributed by atoms with Crippen molar-refractivity contribution in [3.63, 3.8) is 0 Å². The summed E-state index contributed by atoms with van der Waals surface area (Å²) in [6, 6.07) is 16.2. The first-order valence-electron chi connectivity index (χ1n) is 11.1. The summed E-state index contributed by atoms with van der Waals surface area (Å²) in [4.78, 5) is 20.8. The van der Waals surface area contributed by atoms with Crippen molar-refractivity contribution in [3.8, 4) is 0 Å². The second-order valence-corrected chi connectivity index (χ2v) is 7.68. The minimum atomic E-state index is 0.00781. The first-order valence-corrected chi connectivity index (χ1v) is 11.1. The first-order chi connectivity index (χ1) is 15.0. The Labute approximate surface area is 187 Å². The van der Waals surface area contributed by atoms with Crippen LogP contribution in [0.4, 0.5) is 0 Å². The van der Waals surface area contributed by atoms with E-state index in [1.54, 1.807) is 19.0 Å². The van der Waals surface area contributed by atoms with E-state index in [9.17, 15) is 4.79 Å². The van der Waals surface area contributed by atoms with Crippen LogP contribution in [-0.2, 0) is 19.6 Å². The van der Waals surface area contributed by atoms with Crippen molar-refractivity contribution in [1.82, 2.24) is 20.4 Å². The lowest BCUT2D eigenvalue weighted by atomic mass is 10.1. The molecule has 0 aromatic heterocycles. The third-order valence-corrected chi connectivity index (χ3v) is 5.22. The lowest BCUT2D eigenvalue weighted by Crippen LogP contribution is -2.37. The van der Waals surface area contributed by atoms with E-state index in [-0.39, 0.29) is 5.91 Å². The lowest BCUT2D eigenvalue weighted by Gasteiger charge is -2.20. The Morgan fingerprint density at radius 3 is 2.13 bits per heavy atom. The molecule has 0 aliphatic carbocycles. The number of carbonyl (C=O) groups is 1. The summed E-state index contributed by atoms with van der Waals surface area (Å²) >= 11 is 0. The molecule has 0 spiro atoms. The Morgan fingerprint density at radius 2 is 1.55 bits per heavy atom. The molecule has 0 radical (unpaired) electrons. The molecule has 1 amide bonds. The Kier molecular flexibility index (Phi) is 10.0. The molecule has 0 heterocycles. The number of amides is 1. The summed E-state index contributed by atoms with van der Waals surface area (Å²) in [5.74, 6) is 0.794. The minimum Gasteiger partial charge on any atom is -0.357 e. The molecule has 0 bridgehead atoms.